The van der Waals surface area contributed by atoms with Crippen molar-refractivity contribution < 1.29 is 4.74 Å². The van der Waals surface area contributed by atoms with E-state index in [0.29, 0.717) is 6.10 Å². The van der Waals surface area contributed by atoms with Crippen molar-refractivity contribution in [3.05, 3.63) is 0 Å². The Morgan fingerprint density at radius 1 is 1.38 bits per heavy atom. The third-order valence-electron chi connectivity index (χ3n) is 2.95. The molecule has 1 atom stereocenters. The van der Waals surface area contributed by atoms with Crippen LogP contribution in [0.4, 0.5) is 0 Å². The largest absolute Gasteiger partial charge is 0.377 e. The fourth-order valence-electron chi connectivity index (χ4n) is 2.02. The molecule has 0 aliphatic heterocycles. The molecular formula is C11H23NO. The predicted molar refractivity (Wildman–Crippen MR) is 55.7 cm³/mol. The second-order valence-electron chi connectivity index (χ2n) is 4.48. The molecule has 1 saturated carbocycles. The van der Waals surface area contributed by atoms with Gasteiger partial charge in [0.2, 0.25) is 0 Å². The third kappa shape index (κ3) is 3.65. The average molecular weight is 185 g/mol. The van der Waals surface area contributed by atoms with E-state index in [9.17, 15) is 0 Å². The van der Waals surface area contributed by atoms with Crippen molar-refractivity contribution in [3.8, 4) is 0 Å². The number of hydrogen-bond donors (Lipinski definition) is 1. The molecule has 78 valence electrons. The third-order valence-corrected chi connectivity index (χ3v) is 2.95. The maximum atomic E-state index is 6.18. The van der Waals surface area contributed by atoms with Crippen LogP contribution in [0.2, 0.25) is 0 Å². The molecule has 2 nitrogen and oxygen atoms in total. The van der Waals surface area contributed by atoms with Crippen molar-refractivity contribution in [2.24, 2.45) is 5.73 Å². The molecule has 0 amide bonds. The smallest absolute Gasteiger partial charge is 0.0649 e. The summed E-state index contributed by atoms with van der Waals surface area (Å²) in [6.07, 6.45) is 7.57. The van der Waals surface area contributed by atoms with Gasteiger partial charge in [0.15, 0.2) is 0 Å². The standard InChI is InChI=1S/C11H23NO/c1-3-6-10(2)13-9-11(12)7-4-5-8-11/h10H,3-9,12H2,1-2H3. The van der Waals surface area contributed by atoms with Gasteiger partial charge in [-0.15, -0.1) is 0 Å². The normalized spacial score (nSPS) is 23.3. The molecule has 0 spiro atoms. The van der Waals surface area contributed by atoms with E-state index in [1.165, 1.54) is 19.3 Å². The molecular weight excluding hydrogens is 162 g/mol. The minimum absolute atomic E-state index is 0.00199. The Balaban J connectivity index is 2.17. The molecule has 0 aromatic rings. The summed E-state index contributed by atoms with van der Waals surface area (Å²) >= 11 is 0. The Labute approximate surface area is 81.8 Å². The van der Waals surface area contributed by atoms with E-state index in [1.54, 1.807) is 0 Å². The SMILES string of the molecule is CCCC(C)OCC1(N)CCCC1. The van der Waals surface area contributed by atoms with Crippen molar-refractivity contribution in [2.45, 2.75) is 64.0 Å². The van der Waals surface area contributed by atoms with E-state index in [0.717, 1.165) is 25.9 Å². The molecule has 0 radical (unpaired) electrons. The van der Waals surface area contributed by atoms with Crippen molar-refractivity contribution in [1.82, 2.24) is 0 Å². The second-order valence-corrected chi connectivity index (χ2v) is 4.48. The van der Waals surface area contributed by atoms with Gasteiger partial charge in [0.05, 0.1) is 12.7 Å². The van der Waals surface area contributed by atoms with Gasteiger partial charge >= 0.3 is 0 Å². The lowest BCUT2D eigenvalue weighted by molar-refractivity contribution is 0.0265. The summed E-state index contributed by atoms with van der Waals surface area (Å²) in [5.41, 5.74) is 6.18. The molecule has 0 bridgehead atoms. The van der Waals surface area contributed by atoms with Gasteiger partial charge in [-0.1, -0.05) is 26.2 Å². The first-order valence-electron chi connectivity index (χ1n) is 5.57. The van der Waals surface area contributed by atoms with Gasteiger partial charge in [0, 0.05) is 5.54 Å². The molecule has 13 heavy (non-hydrogen) atoms. The highest BCUT2D eigenvalue weighted by molar-refractivity contribution is 4.89. The van der Waals surface area contributed by atoms with Crippen LogP contribution in [0, 0.1) is 0 Å². The fraction of sp³-hybridized carbons (Fsp3) is 1.00. The lowest BCUT2D eigenvalue weighted by Crippen LogP contribution is -2.42. The molecule has 0 aromatic heterocycles. The summed E-state index contributed by atoms with van der Waals surface area (Å²) in [7, 11) is 0. The monoisotopic (exact) mass is 185 g/mol. The van der Waals surface area contributed by atoms with E-state index in [2.05, 4.69) is 13.8 Å². The summed E-state index contributed by atoms with van der Waals surface area (Å²) in [5.74, 6) is 0. The van der Waals surface area contributed by atoms with Gasteiger partial charge < -0.3 is 10.5 Å². The van der Waals surface area contributed by atoms with Gasteiger partial charge in [0.1, 0.15) is 0 Å². The van der Waals surface area contributed by atoms with E-state index >= 15 is 0 Å². The van der Waals surface area contributed by atoms with E-state index in [-0.39, 0.29) is 5.54 Å². The maximum Gasteiger partial charge on any atom is 0.0649 e. The average Bonchev–Trinajstić information content (AvgIpc) is 2.51. The zero-order valence-electron chi connectivity index (χ0n) is 9.01. The molecule has 1 rings (SSSR count). The van der Waals surface area contributed by atoms with Crippen LogP contribution in [0.5, 0.6) is 0 Å². The number of rotatable bonds is 5. The summed E-state index contributed by atoms with van der Waals surface area (Å²) in [6, 6.07) is 0. The predicted octanol–water partition coefficient (Wildman–Crippen LogP) is 2.46. The quantitative estimate of drug-likeness (QED) is 0.714. The van der Waals surface area contributed by atoms with Crippen LogP contribution in [-0.4, -0.2) is 18.2 Å². The minimum atomic E-state index is 0.00199. The minimum Gasteiger partial charge on any atom is -0.377 e. The summed E-state index contributed by atoms with van der Waals surface area (Å²) < 4.78 is 5.74. The van der Waals surface area contributed by atoms with Crippen molar-refractivity contribution in [2.75, 3.05) is 6.61 Å². The Bertz CT molecular complexity index is 141. The molecule has 1 fully saturated rings. The summed E-state index contributed by atoms with van der Waals surface area (Å²) in [5, 5.41) is 0. The fourth-order valence-corrected chi connectivity index (χ4v) is 2.02. The first kappa shape index (κ1) is 11.0. The highest BCUT2D eigenvalue weighted by Gasteiger charge is 2.29. The van der Waals surface area contributed by atoms with Crippen molar-refractivity contribution in [3.63, 3.8) is 0 Å². The van der Waals surface area contributed by atoms with Crippen LogP contribution >= 0.6 is 0 Å². The number of hydrogen-bond acceptors (Lipinski definition) is 2. The molecule has 1 aliphatic carbocycles. The Kier molecular flexibility index (Phi) is 4.20. The van der Waals surface area contributed by atoms with Gasteiger partial charge in [0.25, 0.3) is 0 Å². The highest BCUT2D eigenvalue weighted by atomic mass is 16.5. The van der Waals surface area contributed by atoms with Crippen molar-refractivity contribution in [1.29, 1.82) is 0 Å². The van der Waals surface area contributed by atoms with Gasteiger partial charge in [-0.2, -0.15) is 0 Å². The lowest BCUT2D eigenvalue weighted by atomic mass is 10.0. The summed E-state index contributed by atoms with van der Waals surface area (Å²) in [6.45, 7) is 5.09. The molecule has 2 N–H and O–H groups in total. The Morgan fingerprint density at radius 2 is 2.00 bits per heavy atom. The van der Waals surface area contributed by atoms with Crippen LogP contribution in [0.1, 0.15) is 52.4 Å². The van der Waals surface area contributed by atoms with Gasteiger partial charge in [-0.25, -0.2) is 0 Å². The zero-order chi connectivity index (χ0) is 9.73. The molecule has 1 aliphatic rings. The molecule has 1 unspecified atom stereocenters. The molecule has 0 heterocycles. The van der Waals surface area contributed by atoms with Gasteiger partial charge in [-0.05, 0) is 26.2 Å². The molecule has 2 heteroatoms. The second kappa shape index (κ2) is 4.97. The van der Waals surface area contributed by atoms with Crippen LogP contribution in [0.3, 0.4) is 0 Å². The first-order chi connectivity index (χ1) is 6.16. The van der Waals surface area contributed by atoms with Crippen molar-refractivity contribution >= 4 is 0 Å². The summed E-state index contributed by atoms with van der Waals surface area (Å²) in [4.78, 5) is 0. The molecule has 0 saturated heterocycles. The van der Waals surface area contributed by atoms with Crippen LogP contribution < -0.4 is 5.73 Å². The van der Waals surface area contributed by atoms with E-state index in [1.807, 2.05) is 0 Å². The number of nitrogens with two attached hydrogens (primary N) is 1. The van der Waals surface area contributed by atoms with Crippen LogP contribution in [0.15, 0.2) is 0 Å². The van der Waals surface area contributed by atoms with E-state index < -0.39 is 0 Å². The Morgan fingerprint density at radius 3 is 2.54 bits per heavy atom. The number of ether oxygens (including phenoxy) is 1. The first-order valence-corrected chi connectivity index (χ1v) is 5.57. The van der Waals surface area contributed by atoms with Crippen LogP contribution in [-0.2, 0) is 4.74 Å². The Hall–Kier alpha value is -0.0800. The topological polar surface area (TPSA) is 35.2 Å². The zero-order valence-corrected chi connectivity index (χ0v) is 9.01. The highest BCUT2D eigenvalue weighted by Crippen LogP contribution is 2.27. The van der Waals surface area contributed by atoms with Gasteiger partial charge in [-0.3, -0.25) is 0 Å². The van der Waals surface area contributed by atoms with Crippen LogP contribution in [0.25, 0.3) is 0 Å². The molecule has 0 aromatic carbocycles. The lowest BCUT2D eigenvalue weighted by Gasteiger charge is -2.25. The van der Waals surface area contributed by atoms with E-state index in [4.69, 9.17) is 10.5 Å². The maximum absolute atomic E-state index is 6.18.